The number of hydrogen-bond donors (Lipinski definition) is 1. The van der Waals surface area contributed by atoms with E-state index >= 15 is 0 Å². The zero-order chi connectivity index (χ0) is 32.6. The maximum absolute atomic E-state index is 14.4. The number of nitrogens with one attached hydrogen (secondary N) is 1. The summed E-state index contributed by atoms with van der Waals surface area (Å²) in [6, 6.07) is 26.1. The summed E-state index contributed by atoms with van der Waals surface area (Å²) in [4.78, 5) is 29.1. The Balaban J connectivity index is 1.81. The van der Waals surface area contributed by atoms with Crippen molar-refractivity contribution in [1.29, 1.82) is 0 Å². The van der Waals surface area contributed by atoms with Crippen LogP contribution in [0, 0.1) is 0 Å². The SMILES string of the molecule is CNC(=O)[C@@H](Cc1ccccc1)N(Cc1cccc(Br)c1)C(=O)CN(c1ccc(Cl)cc1)S(=O)(=O)c1ccc(OC)c(OC)c1. The van der Waals surface area contributed by atoms with Crippen LogP contribution in [-0.4, -0.2) is 59.0 Å². The molecule has 0 spiro atoms. The molecule has 9 nitrogen and oxygen atoms in total. The normalized spacial score (nSPS) is 11.8. The van der Waals surface area contributed by atoms with Gasteiger partial charge in [0.1, 0.15) is 12.6 Å². The summed E-state index contributed by atoms with van der Waals surface area (Å²) in [5.41, 5.74) is 1.80. The fraction of sp³-hybridized carbons (Fsp3) is 0.212. The lowest BCUT2D eigenvalue weighted by Crippen LogP contribution is -2.53. The third kappa shape index (κ3) is 8.36. The number of sulfonamides is 1. The Morgan fingerprint density at radius 1 is 0.867 bits per heavy atom. The fourth-order valence-electron chi connectivity index (χ4n) is 4.79. The van der Waals surface area contributed by atoms with Crippen LogP contribution in [-0.2, 0) is 32.6 Å². The van der Waals surface area contributed by atoms with Crippen molar-refractivity contribution in [3.05, 3.63) is 118 Å². The molecule has 0 bridgehead atoms. The minimum atomic E-state index is -4.34. The van der Waals surface area contributed by atoms with E-state index < -0.39 is 28.5 Å². The molecule has 0 aromatic heterocycles. The van der Waals surface area contributed by atoms with E-state index in [1.54, 1.807) is 12.1 Å². The molecule has 45 heavy (non-hydrogen) atoms. The Morgan fingerprint density at radius 3 is 2.16 bits per heavy atom. The van der Waals surface area contributed by atoms with E-state index in [1.165, 1.54) is 56.5 Å². The molecule has 0 aliphatic rings. The minimum Gasteiger partial charge on any atom is -0.493 e. The highest BCUT2D eigenvalue weighted by Crippen LogP contribution is 2.33. The lowest BCUT2D eigenvalue weighted by Gasteiger charge is -2.33. The van der Waals surface area contributed by atoms with E-state index in [9.17, 15) is 18.0 Å². The van der Waals surface area contributed by atoms with Crippen LogP contribution in [0.25, 0.3) is 0 Å². The molecule has 0 aliphatic heterocycles. The summed E-state index contributed by atoms with van der Waals surface area (Å²) >= 11 is 9.60. The number of benzene rings is 4. The summed E-state index contributed by atoms with van der Waals surface area (Å²) in [7, 11) is 0.00993. The molecule has 0 unspecified atom stereocenters. The summed E-state index contributed by atoms with van der Waals surface area (Å²) in [5.74, 6) is -0.415. The first-order valence-corrected chi connectivity index (χ1v) is 16.5. The van der Waals surface area contributed by atoms with Crippen molar-refractivity contribution in [2.45, 2.75) is 23.9 Å². The third-order valence-corrected chi connectivity index (χ3v) is 9.61. The number of carbonyl (C=O) groups is 2. The highest BCUT2D eigenvalue weighted by molar-refractivity contribution is 9.10. The average molecular weight is 715 g/mol. The summed E-state index contributed by atoms with van der Waals surface area (Å²) < 4.78 is 40.9. The molecule has 0 heterocycles. The topological polar surface area (TPSA) is 105 Å². The van der Waals surface area contributed by atoms with Crippen LogP contribution in [0.4, 0.5) is 5.69 Å². The lowest BCUT2D eigenvalue weighted by atomic mass is 10.0. The van der Waals surface area contributed by atoms with Crippen molar-refractivity contribution >= 4 is 55.1 Å². The Labute approximate surface area is 276 Å². The van der Waals surface area contributed by atoms with Crippen LogP contribution in [0.15, 0.2) is 106 Å². The molecule has 0 aliphatic carbocycles. The Kier molecular flexibility index (Phi) is 11.5. The van der Waals surface area contributed by atoms with Gasteiger partial charge in [0.25, 0.3) is 10.0 Å². The van der Waals surface area contributed by atoms with Gasteiger partial charge in [0.15, 0.2) is 11.5 Å². The summed E-state index contributed by atoms with van der Waals surface area (Å²) in [5, 5.41) is 3.07. The van der Waals surface area contributed by atoms with E-state index in [2.05, 4.69) is 21.2 Å². The van der Waals surface area contributed by atoms with Gasteiger partial charge in [-0.15, -0.1) is 0 Å². The fourth-order valence-corrected chi connectivity index (χ4v) is 6.80. The van der Waals surface area contributed by atoms with Gasteiger partial charge in [-0.1, -0.05) is 70.0 Å². The molecule has 4 aromatic carbocycles. The van der Waals surface area contributed by atoms with E-state index in [0.717, 1.165) is 19.9 Å². The van der Waals surface area contributed by atoms with E-state index in [0.29, 0.717) is 10.8 Å². The van der Waals surface area contributed by atoms with Crippen LogP contribution < -0.4 is 19.1 Å². The second-order valence-corrected chi connectivity index (χ2v) is 13.2. The first-order valence-electron chi connectivity index (χ1n) is 13.9. The quantitative estimate of drug-likeness (QED) is 0.191. The Bertz CT molecular complexity index is 1740. The number of amides is 2. The zero-order valence-corrected chi connectivity index (χ0v) is 28.1. The number of likely N-dealkylation sites (N-methyl/N-ethyl adjacent to an activating group) is 1. The molecule has 2 amide bonds. The lowest BCUT2D eigenvalue weighted by molar-refractivity contribution is -0.139. The van der Waals surface area contributed by atoms with E-state index in [4.69, 9.17) is 21.1 Å². The van der Waals surface area contributed by atoms with Gasteiger partial charge in [-0.3, -0.25) is 13.9 Å². The van der Waals surface area contributed by atoms with Crippen molar-refractivity contribution in [1.82, 2.24) is 10.2 Å². The van der Waals surface area contributed by atoms with Crippen molar-refractivity contribution in [2.75, 3.05) is 32.1 Å². The van der Waals surface area contributed by atoms with Crippen LogP contribution in [0.3, 0.4) is 0 Å². The number of carbonyl (C=O) groups excluding carboxylic acids is 2. The minimum absolute atomic E-state index is 0.0497. The predicted octanol–water partition coefficient (Wildman–Crippen LogP) is 5.70. The second-order valence-electron chi connectivity index (χ2n) is 9.98. The van der Waals surface area contributed by atoms with Gasteiger partial charge in [0.05, 0.1) is 24.8 Å². The monoisotopic (exact) mass is 713 g/mol. The molecule has 1 atom stereocenters. The van der Waals surface area contributed by atoms with Gasteiger partial charge < -0.3 is 19.7 Å². The predicted molar refractivity (Wildman–Crippen MR) is 178 cm³/mol. The standard InChI is InChI=1S/C33H33BrClN3O6S/c1-36-33(40)29(19-23-8-5-4-6-9-23)37(21-24-10-7-11-25(34)18-24)32(39)22-38(27-14-12-26(35)13-15-27)45(41,42)28-16-17-30(43-2)31(20-28)44-3/h4-18,20,29H,19,21-22H2,1-3H3,(H,36,40)/t29-/m1/s1. The van der Waals surface area contributed by atoms with Gasteiger partial charge in [-0.25, -0.2) is 8.42 Å². The molecule has 4 rings (SSSR count). The molecule has 12 heteroatoms. The third-order valence-electron chi connectivity index (χ3n) is 7.10. The average Bonchev–Trinajstić information content (AvgIpc) is 3.05. The molecule has 4 aromatic rings. The second kappa shape index (κ2) is 15.3. The van der Waals surface area contributed by atoms with E-state index in [-0.39, 0.29) is 35.2 Å². The molecule has 1 N–H and O–H groups in total. The number of ether oxygens (including phenoxy) is 2. The van der Waals surface area contributed by atoms with Gasteiger partial charge in [0, 0.05) is 35.6 Å². The molecule has 0 radical (unpaired) electrons. The maximum atomic E-state index is 14.4. The molecule has 0 saturated carbocycles. The summed E-state index contributed by atoms with van der Waals surface area (Å²) in [6.45, 7) is -0.553. The van der Waals surface area contributed by atoms with Gasteiger partial charge in [-0.05, 0) is 59.7 Å². The zero-order valence-electron chi connectivity index (χ0n) is 24.9. The number of nitrogens with zero attached hydrogens (tertiary/aromatic N) is 2. The van der Waals surface area contributed by atoms with E-state index in [1.807, 2.05) is 54.6 Å². The van der Waals surface area contributed by atoms with Crippen molar-refractivity contribution < 1.29 is 27.5 Å². The van der Waals surface area contributed by atoms with Crippen LogP contribution in [0.2, 0.25) is 5.02 Å². The van der Waals surface area contributed by atoms with Crippen molar-refractivity contribution in [3.63, 3.8) is 0 Å². The molecule has 0 fully saturated rings. The summed E-state index contributed by atoms with van der Waals surface area (Å²) in [6.07, 6.45) is 0.212. The van der Waals surface area contributed by atoms with Crippen molar-refractivity contribution in [2.24, 2.45) is 0 Å². The van der Waals surface area contributed by atoms with Gasteiger partial charge in [-0.2, -0.15) is 0 Å². The smallest absolute Gasteiger partial charge is 0.264 e. The van der Waals surface area contributed by atoms with Gasteiger partial charge >= 0.3 is 0 Å². The molecular formula is C33H33BrClN3O6S. The number of halogens is 2. The van der Waals surface area contributed by atoms with Crippen LogP contribution >= 0.6 is 27.5 Å². The molecule has 236 valence electrons. The number of hydrogen-bond acceptors (Lipinski definition) is 6. The Hall–Kier alpha value is -4.06. The maximum Gasteiger partial charge on any atom is 0.264 e. The Morgan fingerprint density at radius 2 is 1.53 bits per heavy atom. The van der Waals surface area contributed by atoms with Gasteiger partial charge in [0.2, 0.25) is 11.8 Å². The first-order chi connectivity index (χ1) is 21.6. The first kappa shape index (κ1) is 33.8. The number of methoxy groups -OCH3 is 2. The van der Waals surface area contributed by atoms with Crippen LogP contribution in [0.1, 0.15) is 11.1 Å². The van der Waals surface area contributed by atoms with Crippen LogP contribution in [0.5, 0.6) is 11.5 Å². The molecule has 0 saturated heterocycles. The van der Waals surface area contributed by atoms with Crippen molar-refractivity contribution in [3.8, 4) is 11.5 Å². The number of rotatable bonds is 13. The largest absolute Gasteiger partial charge is 0.493 e. The highest BCUT2D eigenvalue weighted by Gasteiger charge is 2.34. The molecular weight excluding hydrogens is 682 g/mol. The highest BCUT2D eigenvalue weighted by atomic mass is 79.9. The number of anilines is 1.